The lowest BCUT2D eigenvalue weighted by Crippen LogP contribution is -2.40. The van der Waals surface area contributed by atoms with Crippen LogP contribution in [0.4, 0.5) is 10.8 Å². The number of aromatic nitrogens is 1. The fourth-order valence-electron chi connectivity index (χ4n) is 4.62. The highest BCUT2D eigenvalue weighted by atomic mass is 32.1. The minimum atomic E-state index is -0.853. The van der Waals surface area contributed by atoms with E-state index < -0.39 is 6.10 Å². The molecule has 1 aromatic heterocycles. The highest BCUT2D eigenvalue weighted by Gasteiger charge is 2.32. The number of anilines is 2. The molecule has 3 aliphatic heterocycles. The van der Waals surface area contributed by atoms with Crippen molar-refractivity contribution < 1.29 is 9.90 Å². The zero-order valence-electron chi connectivity index (χ0n) is 15.5. The molecule has 1 N–H and O–H groups in total. The minimum absolute atomic E-state index is 0.192. The maximum absolute atomic E-state index is 12.1. The summed E-state index contributed by atoms with van der Waals surface area (Å²) in [4.78, 5) is 23.7. The Hall–Kier alpha value is -1.70. The Morgan fingerprint density at radius 2 is 1.93 bits per heavy atom. The van der Waals surface area contributed by atoms with Crippen molar-refractivity contribution in [2.24, 2.45) is 0 Å². The summed E-state index contributed by atoms with van der Waals surface area (Å²) in [6.45, 7) is 5.23. The molecule has 0 aliphatic carbocycles. The third kappa shape index (κ3) is 3.22. The lowest BCUT2D eigenvalue weighted by atomic mass is 10.1. The Kier molecular flexibility index (Phi) is 4.53. The number of hydrogen-bond donors (Lipinski definition) is 1. The molecule has 27 heavy (non-hydrogen) atoms. The molecule has 0 saturated carbocycles. The molecule has 4 heterocycles. The number of carbonyl (C=O) groups is 1. The van der Waals surface area contributed by atoms with Crippen LogP contribution in [0, 0.1) is 0 Å². The van der Waals surface area contributed by atoms with Gasteiger partial charge in [0.05, 0.1) is 10.2 Å². The van der Waals surface area contributed by atoms with Gasteiger partial charge in [0.15, 0.2) is 5.13 Å². The van der Waals surface area contributed by atoms with Crippen molar-refractivity contribution in [1.29, 1.82) is 0 Å². The summed E-state index contributed by atoms with van der Waals surface area (Å²) < 4.78 is 1.11. The van der Waals surface area contributed by atoms with E-state index in [2.05, 4.69) is 9.80 Å². The summed E-state index contributed by atoms with van der Waals surface area (Å²) in [5.41, 5.74) is 1.86. The summed E-state index contributed by atoms with van der Waals surface area (Å²) in [7, 11) is 0. The quantitative estimate of drug-likeness (QED) is 0.878. The van der Waals surface area contributed by atoms with Crippen LogP contribution in [0.2, 0.25) is 0 Å². The van der Waals surface area contributed by atoms with Crippen LogP contribution in [0.1, 0.15) is 32.1 Å². The highest BCUT2D eigenvalue weighted by Crippen LogP contribution is 2.35. The van der Waals surface area contributed by atoms with Crippen molar-refractivity contribution >= 4 is 38.3 Å². The van der Waals surface area contributed by atoms with Gasteiger partial charge in [0, 0.05) is 37.8 Å². The van der Waals surface area contributed by atoms with Crippen molar-refractivity contribution in [3.8, 4) is 0 Å². The monoisotopic (exact) mass is 386 g/mol. The molecule has 144 valence electrons. The van der Waals surface area contributed by atoms with Crippen molar-refractivity contribution in [2.75, 3.05) is 42.5 Å². The number of aliphatic hydroxyl groups excluding tert-OH is 1. The second-order valence-corrected chi connectivity index (χ2v) is 8.94. The van der Waals surface area contributed by atoms with E-state index in [1.807, 2.05) is 18.2 Å². The predicted molar refractivity (Wildman–Crippen MR) is 109 cm³/mol. The van der Waals surface area contributed by atoms with Gasteiger partial charge >= 0.3 is 0 Å². The molecule has 6 nitrogen and oxygen atoms in total. The van der Waals surface area contributed by atoms with Gasteiger partial charge in [-0.05, 0) is 50.6 Å². The van der Waals surface area contributed by atoms with Crippen LogP contribution in [0.5, 0.6) is 0 Å². The van der Waals surface area contributed by atoms with Crippen LogP contribution in [0.3, 0.4) is 0 Å². The highest BCUT2D eigenvalue weighted by molar-refractivity contribution is 7.22. The molecule has 0 unspecified atom stereocenters. The maximum Gasteiger partial charge on any atom is 0.255 e. The van der Waals surface area contributed by atoms with Gasteiger partial charge in [0.1, 0.15) is 6.10 Å². The molecule has 3 aliphatic rings. The predicted octanol–water partition coefficient (Wildman–Crippen LogP) is 2.46. The lowest BCUT2D eigenvalue weighted by molar-refractivity contribution is -0.123. The van der Waals surface area contributed by atoms with Crippen molar-refractivity contribution in [1.82, 2.24) is 9.88 Å². The Balaban J connectivity index is 1.33. The number of aliphatic hydroxyl groups is 1. The van der Waals surface area contributed by atoms with Gasteiger partial charge in [-0.1, -0.05) is 17.8 Å². The normalized spacial score (nSPS) is 27.2. The van der Waals surface area contributed by atoms with Gasteiger partial charge in [-0.25, -0.2) is 4.98 Å². The number of fused-ring (bicyclic) bond motifs is 1. The van der Waals surface area contributed by atoms with Gasteiger partial charge in [-0.15, -0.1) is 0 Å². The fraction of sp³-hybridized carbons (Fsp3) is 0.600. The number of carbonyl (C=O) groups excluding carboxylic acids is 1. The van der Waals surface area contributed by atoms with Gasteiger partial charge in [-0.3, -0.25) is 9.69 Å². The minimum Gasteiger partial charge on any atom is -0.383 e. The van der Waals surface area contributed by atoms with Crippen molar-refractivity contribution in [2.45, 2.75) is 44.2 Å². The molecular weight excluding hydrogens is 360 g/mol. The SMILES string of the molecule is O=C1[C@@H](O)CCN1c1ccc2nc(N3CC[C@@H](N4CCCCC4)C3)sc2c1. The van der Waals surface area contributed by atoms with E-state index >= 15 is 0 Å². The number of nitrogens with zero attached hydrogens (tertiary/aromatic N) is 4. The molecule has 2 atom stereocenters. The Labute approximate surface area is 163 Å². The van der Waals surface area contributed by atoms with E-state index in [-0.39, 0.29) is 5.91 Å². The average molecular weight is 387 g/mol. The van der Waals surface area contributed by atoms with E-state index in [1.165, 1.54) is 38.8 Å². The third-order valence-electron chi connectivity index (χ3n) is 6.19. The molecule has 2 aromatic rings. The van der Waals surface area contributed by atoms with E-state index in [0.717, 1.165) is 34.1 Å². The van der Waals surface area contributed by atoms with Crippen LogP contribution in [-0.4, -0.2) is 65.8 Å². The number of benzene rings is 1. The maximum atomic E-state index is 12.1. The number of amides is 1. The first-order chi connectivity index (χ1) is 13.2. The van der Waals surface area contributed by atoms with Crippen LogP contribution in [0.25, 0.3) is 10.2 Å². The van der Waals surface area contributed by atoms with Crippen molar-refractivity contribution in [3.05, 3.63) is 18.2 Å². The first-order valence-corrected chi connectivity index (χ1v) is 10.9. The summed E-state index contributed by atoms with van der Waals surface area (Å²) in [5, 5.41) is 10.8. The Morgan fingerprint density at radius 3 is 2.70 bits per heavy atom. The summed E-state index contributed by atoms with van der Waals surface area (Å²) >= 11 is 1.71. The summed E-state index contributed by atoms with van der Waals surface area (Å²) in [5.74, 6) is -0.192. The zero-order valence-corrected chi connectivity index (χ0v) is 16.3. The lowest BCUT2D eigenvalue weighted by Gasteiger charge is -2.32. The molecule has 3 fully saturated rings. The Morgan fingerprint density at radius 1 is 1.07 bits per heavy atom. The molecule has 3 saturated heterocycles. The average Bonchev–Trinajstić information content (AvgIpc) is 3.41. The van der Waals surface area contributed by atoms with Gasteiger partial charge in [-0.2, -0.15) is 0 Å². The molecule has 0 spiro atoms. The van der Waals surface area contributed by atoms with Crippen LogP contribution in [0.15, 0.2) is 18.2 Å². The number of hydrogen-bond acceptors (Lipinski definition) is 6. The Bertz CT molecular complexity index is 848. The first kappa shape index (κ1) is 17.4. The van der Waals surface area contributed by atoms with E-state index in [4.69, 9.17) is 4.98 Å². The number of likely N-dealkylation sites (tertiary alicyclic amines) is 1. The second-order valence-electron chi connectivity index (χ2n) is 7.93. The third-order valence-corrected chi connectivity index (χ3v) is 7.27. The van der Waals surface area contributed by atoms with Crippen LogP contribution in [-0.2, 0) is 4.79 Å². The standard InChI is InChI=1S/C20H26N4O2S/c25-17-7-11-24(19(17)26)14-4-5-16-18(12-14)27-20(21-16)23-10-6-15(13-23)22-8-2-1-3-9-22/h4-5,12,15,17,25H,1-3,6-11,13H2/t15-,17+/m1/s1. The molecule has 7 heteroatoms. The van der Waals surface area contributed by atoms with E-state index in [0.29, 0.717) is 19.0 Å². The molecule has 1 aromatic carbocycles. The summed E-state index contributed by atoms with van der Waals surface area (Å²) in [6, 6.07) is 6.66. The second kappa shape index (κ2) is 7.04. The van der Waals surface area contributed by atoms with Gasteiger partial charge < -0.3 is 14.9 Å². The zero-order chi connectivity index (χ0) is 18.4. The van der Waals surface area contributed by atoms with E-state index in [9.17, 15) is 9.90 Å². The van der Waals surface area contributed by atoms with Gasteiger partial charge in [0.25, 0.3) is 5.91 Å². The van der Waals surface area contributed by atoms with E-state index in [1.54, 1.807) is 16.2 Å². The van der Waals surface area contributed by atoms with Crippen LogP contribution < -0.4 is 9.80 Å². The molecule has 0 bridgehead atoms. The molecule has 0 radical (unpaired) electrons. The fourth-order valence-corrected chi connectivity index (χ4v) is 5.66. The first-order valence-electron chi connectivity index (χ1n) is 10.1. The number of piperidine rings is 1. The molecular formula is C20H26N4O2S. The molecule has 1 amide bonds. The topological polar surface area (TPSA) is 59.9 Å². The number of rotatable bonds is 3. The number of thiazole rings is 1. The largest absolute Gasteiger partial charge is 0.383 e. The van der Waals surface area contributed by atoms with Crippen LogP contribution >= 0.6 is 11.3 Å². The van der Waals surface area contributed by atoms with Gasteiger partial charge in [0.2, 0.25) is 0 Å². The smallest absolute Gasteiger partial charge is 0.255 e. The molecule has 5 rings (SSSR count). The summed E-state index contributed by atoms with van der Waals surface area (Å²) in [6.07, 6.45) is 4.94. The van der Waals surface area contributed by atoms with Crippen molar-refractivity contribution in [3.63, 3.8) is 0 Å².